The number of hydrogen-bond donors (Lipinski definition) is 1. The molecule has 1 aromatic carbocycles. The topological polar surface area (TPSA) is 46.3 Å². The van der Waals surface area contributed by atoms with Gasteiger partial charge in [0.15, 0.2) is 0 Å². The van der Waals surface area contributed by atoms with Gasteiger partial charge in [-0.25, -0.2) is 0 Å². The molecule has 1 atom stereocenters. The summed E-state index contributed by atoms with van der Waals surface area (Å²) >= 11 is 0. The molecule has 3 heteroatoms. The summed E-state index contributed by atoms with van der Waals surface area (Å²) in [5, 5.41) is 0. The molecule has 1 saturated carbocycles. The van der Waals surface area contributed by atoms with Gasteiger partial charge in [0, 0.05) is 13.5 Å². The molecule has 0 bridgehead atoms. The monoisotopic (exact) mass is 274 g/mol. The fourth-order valence-corrected chi connectivity index (χ4v) is 2.86. The summed E-state index contributed by atoms with van der Waals surface area (Å²) in [6.07, 6.45) is 4.00. The number of nitrogens with zero attached hydrogens (tertiary/aromatic N) is 1. The van der Waals surface area contributed by atoms with Crippen molar-refractivity contribution in [2.75, 3.05) is 13.6 Å². The van der Waals surface area contributed by atoms with Crippen LogP contribution in [0.5, 0.6) is 0 Å². The van der Waals surface area contributed by atoms with Gasteiger partial charge in [0.25, 0.3) is 0 Å². The Morgan fingerprint density at radius 1 is 1.35 bits per heavy atom. The standard InChI is InChI=1S/C17H26N2O/c1-13-5-7-15(8-6-13)14(2)19(3)16(20)11-17(12-18)9-4-10-17/h5-8,14H,4,9-12,18H2,1-3H3. The van der Waals surface area contributed by atoms with E-state index in [4.69, 9.17) is 5.73 Å². The summed E-state index contributed by atoms with van der Waals surface area (Å²) in [5.74, 6) is 0.211. The SMILES string of the molecule is Cc1ccc(C(C)N(C)C(=O)CC2(CN)CCC2)cc1. The van der Waals surface area contributed by atoms with Crippen molar-refractivity contribution < 1.29 is 4.79 Å². The molecule has 0 aliphatic heterocycles. The lowest BCUT2D eigenvalue weighted by Crippen LogP contribution is -2.42. The zero-order valence-corrected chi connectivity index (χ0v) is 12.9. The molecule has 1 aliphatic rings. The highest BCUT2D eigenvalue weighted by Gasteiger charge is 2.38. The maximum Gasteiger partial charge on any atom is 0.223 e. The minimum absolute atomic E-state index is 0.0817. The number of nitrogens with two attached hydrogens (primary N) is 1. The average molecular weight is 274 g/mol. The van der Waals surface area contributed by atoms with Gasteiger partial charge in [-0.3, -0.25) is 4.79 Å². The third kappa shape index (κ3) is 3.04. The number of hydrogen-bond acceptors (Lipinski definition) is 2. The van der Waals surface area contributed by atoms with Gasteiger partial charge < -0.3 is 10.6 Å². The average Bonchev–Trinajstić information content (AvgIpc) is 2.42. The predicted molar refractivity (Wildman–Crippen MR) is 82.3 cm³/mol. The van der Waals surface area contributed by atoms with Crippen LogP contribution in [-0.4, -0.2) is 24.4 Å². The number of benzene rings is 1. The first kappa shape index (κ1) is 15.0. The van der Waals surface area contributed by atoms with E-state index < -0.39 is 0 Å². The molecule has 110 valence electrons. The molecule has 0 aromatic heterocycles. The molecular formula is C17H26N2O. The van der Waals surface area contributed by atoms with Crippen LogP contribution in [-0.2, 0) is 4.79 Å². The first-order valence-corrected chi connectivity index (χ1v) is 7.50. The summed E-state index contributed by atoms with van der Waals surface area (Å²) in [4.78, 5) is 14.3. The van der Waals surface area contributed by atoms with Crippen LogP contribution >= 0.6 is 0 Å². The number of carbonyl (C=O) groups is 1. The van der Waals surface area contributed by atoms with E-state index in [2.05, 4.69) is 38.1 Å². The molecule has 20 heavy (non-hydrogen) atoms. The summed E-state index contributed by atoms with van der Waals surface area (Å²) in [6.45, 7) is 4.79. The van der Waals surface area contributed by atoms with E-state index in [1.54, 1.807) is 0 Å². The Labute approximate surface area is 122 Å². The number of amides is 1. The Bertz CT molecular complexity index is 457. The minimum Gasteiger partial charge on any atom is -0.339 e. The summed E-state index contributed by atoms with van der Waals surface area (Å²) < 4.78 is 0. The fraction of sp³-hybridized carbons (Fsp3) is 0.588. The molecule has 1 amide bonds. The smallest absolute Gasteiger partial charge is 0.223 e. The quantitative estimate of drug-likeness (QED) is 0.897. The van der Waals surface area contributed by atoms with Crippen molar-refractivity contribution in [2.45, 2.75) is 45.6 Å². The second-order valence-electron chi connectivity index (χ2n) is 6.33. The van der Waals surface area contributed by atoms with E-state index in [1.807, 2.05) is 11.9 Å². The molecule has 3 nitrogen and oxygen atoms in total. The van der Waals surface area contributed by atoms with Crippen molar-refractivity contribution in [3.05, 3.63) is 35.4 Å². The van der Waals surface area contributed by atoms with Crippen LogP contribution in [0.2, 0.25) is 0 Å². The molecule has 2 rings (SSSR count). The highest BCUT2D eigenvalue weighted by Crippen LogP contribution is 2.43. The van der Waals surface area contributed by atoms with Crippen molar-refractivity contribution in [3.63, 3.8) is 0 Å². The molecule has 1 unspecified atom stereocenters. The number of carbonyl (C=O) groups excluding carboxylic acids is 1. The predicted octanol–water partition coefficient (Wildman–Crippen LogP) is 3.03. The largest absolute Gasteiger partial charge is 0.339 e. The van der Waals surface area contributed by atoms with E-state index >= 15 is 0 Å². The lowest BCUT2D eigenvalue weighted by atomic mass is 9.66. The van der Waals surface area contributed by atoms with Gasteiger partial charge in [0.05, 0.1) is 6.04 Å². The van der Waals surface area contributed by atoms with Crippen LogP contribution in [0.4, 0.5) is 0 Å². The van der Waals surface area contributed by atoms with Gasteiger partial charge in [-0.2, -0.15) is 0 Å². The molecule has 0 radical (unpaired) electrons. The van der Waals surface area contributed by atoms with Gasteiger partial charge in [0.2, 0.25) is 5.91 Å². The molecule has 0 heterocycles. The first-order chi connectivity index (χ1) is 9.47. The minimum atomic E-state index is 0.0817. The molecule has 2 N–H and O–H groups in total. The maximum absolute atomic E-state index is 12.5. The summed E-state index contributed by atoms with van der Waals surface area (Å²) in [5.41, 5.74) is 8.36. The van der Waals surface area contributed by atoms with Crippen LogP contribution in [0.25, 0.3) is 0 Å². The van der Waals surface area contributed by atoms with E-state index in [9.17, 15) is 4.79 Å². The van der Waals surface area contributed by atoms with E-state index in [-0.39, 0.29) is 17.4 Å². The Hall–Kier alpha value is -1.35. The molecule has 1 fully saturated rings. The van der Waals surface area contributed by atoms with Crippen LogP contribution in [0.3, 0.4) is 0 Å². The van der Waals surface area contributed by atoms with E-state index in [0.29, 0.717) is 13.0 Å². The molecule has 0 spiro atoms. The molecular weight excluding hydrogens is 248 g/mol. The Morgan fingerprint density at radius 2 is 1.95 bits per heavy atom. The van der Waals surface area contributed by atoms with Gasteiger partial charge in [0.1, 0.15) is 0 Å². The third-order valence-corrected chi connectivity index (χ3v) is 4.91. The van der Waals surface area contributed by atoms with Gasteiger partial charge >= 0.3 is 0 Å². The highest BCUT2D eigenvalue weighted by atomic mass is 16.2. The summed E-state index contributed by atoms with van der Waals surface area (Å²) in [6, 6.07) is 8.50. The summed E-state index contributed by atoms with van der Waals surface area (Å²) in [7, 11) is 1.90. The van der Waals surface area contributed by atoms with Gasteiger partial charge in [-0.05, 0) is 44.2 Å². The molecule has 1 aliphatic carbocycles. The zero-order valence-electron chi connectivity index (χ0n) is 12.9. The lowest BCUT2D eigenvalue weighted by Gasteiger charge is -2.41. The Balaban J connectivity index is 2.00. The van der Waals surface area contributed by atoms with Gasteiger partial charge in [-0.1, -0.05) is 36.2 Å². The molecule has 0 saturated heterocycles. The third-order valence-electron chi connectivity index (χ3n) is 4.91. The highest BCUT2D eigenvalue weighted by molar-refractivity contribution is 5.77. The second-order valence-corrected chi connectivity index (χ2v) is 6.33. The fourth-order valence-electron chi connectivity index (χ4n) is 2.86. The Morgan fingerprint density at radius 3 is 2.40 bits per heavy atom. The van der Waals surface area contributed by atoms with Crippen molar-refractivity contribution in [1.82, 2.24) is 4.90 Å². The van der Waals surface area contributed by atoms with Crippen LogP contribution < -0.4 is 5.73 Å². The van der Waals surface area contributed by atoms with Gasteiger partial charge in [-0.15, -0.1) is 0 Å². The zero-order chi connectivity index (χ0) is 14.8. The number of aryl methyl sites for hydroxylation is 1. The lowest BCUT2D eigenvalue weighted by molar-refractivity contribution is -0.135. The van der Waals surface area contributed by atoms with E-state index in [1.165, 1.54) is 17.5 Å². The van der Waals surface area contributed by atoms with E-state index in [0.717, 1.165) is 12.8 Å². The Kier molecular flexibility index (Phi) is 4.48. The molecule has 1 aromatic rings. The van der Waals surface area contributed by atoms with Crippen LogP contribution in [0.15, 0.2) is 24.3 Å². The van der Waals surface area contributed by atoms with Crippen molar-refractivity contribution in [1.29, 1.82) is 0 Å². The van der Waals surface area contributed by atoms with Crippen LogP contribution in [0.1, 0.15) is 49.8 Å². The maximum atomic E-state index is 12.5. The first-order valence-electron chi connectivity index (χ1n) is 7.50. The van der Waals surface area contributed by atoms with Crippen molar-refractivity contribution >= 4 is 5.91 Å². The van der Waals surface area contributed by atoms with Crippen molar-refractivity contribution in [3.8, 4) is 0 Å². The second kappa shape index (κ2) is 5.96. The van der Waals surface area contributed by atoms with Crippen molar-refractivity contribution in [2.24, 2.45) is 11.1 Å². The number of rotatable bonds is 5. The normalized spacial score (nSPS) is 18.2. The van der Waals surface area contributed by atoms with Crippen LogP contribution in [0, 0.1) is 12.3 Å².